The van der Waals surface area contributed by atoms with E-state index in [1.807, 2.05) is 0 Å². The Morgan fingerprint density at radius 1 is 1.26 bits per heavy atom. The second kappa shape index (κ2) is 6.92. The van der Waals surface area contributed by atoms with E-state index in [1.54, 1.807) is 12.1 Å². The fourth-order valence-electron chi connectivity index (χ4n) is 1.90. The summed E-state index contributed by atoms with van der Waals surface area (Å²) in [5.41, 5.74) is 0.726. The van der Waals surface area contributed by atoms with E-state index in [-0.39, 0.29) is 11.7 Å². The molecule has 120 valence electrons. The molecule has 1 aromatic carbocycles. The molecule has 3 N–H and O–H groups in total. The van der Waals surface area contributed by atoms with E-state index in [4.69, 9.17) is 0 Å². The first-order valence-electron chi connectivity index (χ1n) is 6.70. The fraction of sp³-hybridized carbons (Fsp3) is 0.231. The van der Waals surface area contributed by atoms with Crippen LogP contribution >= 0.6 is 23.1 Å². The van der Waals surface area contributed by atoms with Gasteiger partial charge in [0.15, 0.2) is 4.34 Å². The van der Waals surface area contributed by atoms with E-state index >= 15 is 0 Å². The highest BCUT2D eigenvalue weighted by Gasteiger charge is 2.28. The first kappa shape index (κ1) is 15.7. The van der Waals surface area contributed by atoms with Crippen molar-refractivity contribution in [3.05, 3.63) is 30.1 Å². The molecule has 1 atom stereocenters. The van der Waals surface area contributed by atoms with Crippen molar-refractivity contribution < 1.29 is 14.0 Å². The molecule has 3 amide bonds. The van der Waals surface area contributed by atoms with Gasteiger partial charge < -0.3 is 10.6 Å². The molecule has 0 radical (unpaired) electrons. The summed E-state index contributed by atoms with van der Waals surface area (Å²) in [6.07, 6.45) is 0.516. The second-order valence-electron chi connectivity index (χ2n) is 4.66. The van der Waals surface area contributed by atoms with Crippen molar-refractivity contribution in [2.75, 3.05) is 11.1 Å². The SMILES string of the molecule is O=C1NC(=O)C(CCSc2nnc(Nc3ccc(F)cc3)s2)N1. The number of urea groups is 1. The third-order valence-electron chi connectivity index (χ3n) is 2.99. The zero-order chi connectivity index (χ0) is 16.2. The number of carbonyl (C=O) groups excluding carboxylic acids is 2. The lowest BCUT2D eigenvalue weighted by Crippen LogP contribution is -2.29. The van der Waals surface area contributed by atoms with Gasteiger partial charge in [0.2, 0.25) is 5.13 Å². The summed E-state index contributed by atoms with van der Waals surface area (Å²) in [5, 5.41) is 16.4. The van der Waals surface area contributed by atoms with E-state index in [0.717, 1.165) is 10.0 Å². The molecule has 2 heterocycles. The van der Waals surface area contributed by atoms with Gasteiger partial charge in [-0.05, 0) is 30.7 Å². The zero-order valence-electron chi connectivity index (χ0n) is 11.7. The normalized spacial score (nSPS) is 17.0. The molecule has 0 bridgehead atoms. The number of carbonyl (C=O) groups is 2. The Kier molecular flexibility index (Phi) is 4.72. The predicted molar refractivity (Wildman–Crippen MR) is 85.4 cm³/mol. The summed E-state index contributed by atoms with van der Waals surface area (Å²) in [6, 6.07) is 5.02. The topological polar surface area (TPSA) is 96.0 Å². The second-order valence-corrected chi connectivity index (χ2v) is 6.98. The van der Waals surface area contributed by atoms with Crippen molar-refractivity contribution in [3.63, 3.8) is 0 Å². The summed E-state index contributed by atoms with van der Waals surface area (Å²) in [6.45, 7) is 0. The van der Waals surface area contributed by atoms with E-state index in [9.17, 15) is 14.0 Å². The number of thioether (sulfide) groups is 1. The van der Waals surface area contributed by atoms with Gasteiger partial charge in [-0.2, -0.15) is 0 Å². The molecule has 1 aliphatic heterocycles. The molecular weight excluding hydrogens is 341 g/mol. The Hall–Kier alpha value is -2.20. The predicted octanol–water partition coefficient (Wildman–Crippen LogP) is 2.11. The number of hydrogen-bond acceptors (Lipinski definition) is 7. The van der Waals surface area contributed by atoms with Gasteiger partial charge in [-0.1, -0.05) is 23.1 Å². The van der Waals surface area contributed by atoms with E-state index in [1.165, 1.54) is 35.2 Å². The van der Waals surface area contributed by atoms with Crippen molar-refractivity contribution in [2.45, 2.75) is 16.8 Å². The minimum atomic E-state index is -0.486. The molecule has 0 spiro atoms. The summed E-state index contributed by atoms with van der Waals surface area (Å²) >= 11 is 2.82. The zero-order valence-corrected chi connectivity index (χ0v) is 13.3. The van der Waals surface area contributed by atoms with Gasteiger partial charge in [-0.3, -0.25) is 10.1 Å². The van der Waals surface area contributed by atoms with Crippen LogP contribution in [0.2, 0.25) is 0 Å². The number of nitrogens with zero attached hydrogens (tertiary/aromatic N) is 2. The number of hydrogen-bond donors (Lipinski definition) is 3. The van der Waals surface area contributed by atoms with Crippen LogP contribution in [0, 0.1) is 5.82 Å². The number of rotatable bonds is 6. The molecule has 1 fully saturated rings. The maximum atomic E-state index is 12.8. The molecule has 0 aliphatic carbocycles. The molecule has 1 saturated heterocycles. The lowest BCUT2D eigenvalue weighted by molar-refractivity contribution is -0.120. The summed E-state index contributed by atoms with van der Waals surface area (Å²) < 4.78 is 13.6. The van der Waals surface area contributed by atoms with Gasteiger partial charge in [-0.25, -0.2) is 9.18 Å². The number of aromatic nitrogens is 2. The largest absolute Gasteiger partial charge is 0.330 e. The molecule has 2 aromatic rings. The van der Waals surface area contributed by atoms with Gasteiger partial charge in [0.05, 0.1) is 0 Å². The van der Waals surface area contributed by atoms with Crippen molar-refractivity contribution in [1.29, 1.82) is 0 Å². The molecule has 1 unspecified atom stereocenters. The van der Waals surface area contributed by atoms with Crippen LogP contribution in [0.4, 0.5) is 20.0 Å². The van der Waals surface area contributed by atoms with E-state index in [0.29, 0.717) is 17.3 Å². The van der Waals surface area contributed by atoms with Gasteiger partial charge in [0, 0.05) is 11.4 Å². The number of imide groups is 1. The molecule has 7 nitrogen and oxygen atoms in total. The molecule has 10 heteroatoms. The Labute approximate surface area is 139 Å². The van der Waals surface area contributed by atoms with E-state index in [2.05, 4.69) is 26.1 Å². The monoisotopic (exact) mass is 353 g/mol. The molecule has 3 rings (SSSR count). The van der Waals surface area contributed by atoms with Crippen molar-refractivity contribution >= 4 is 45.9 Å². The molecular formula is C13H12FN5O2S2. The van der Waals surface area contributed by atoms with Crippen LogP contribution in [-0.2, 0) is 4.79 Å². The van der Waals surface area contributed by atoms with Crippen LogP contribution in [0.3, 0.4) is 0 Å². The number of amides is 3. The van der Waals surface area contributed by atoms with Crippen LogP contribution in [0.25, 0.3) is 0 Å². The Bertz CT molecular complexity index is 721. The number of anilines is 2. The minimum Gasteiger partial charge on any atom is -0.330 e. The molecule has 0 saturated carbocycles. The maximum absolute atomic E-state index is 12.8. The lowest BCUT2D eigenvalue weighted by Gasteiger charge is -2.04. The van der Waals surface area contributed by atoms with Crippen molar-refractivity contribution in [1.82, 2.24) is 20.8 Å². The first-order valence-corrected chi connectivity index (χ1v) is 8.50. The highest BCUT2D eigenvalue weighted by Crippen LogP contribution is 2.28. The minimum absolute atomic E-state index is 0.299. The van der Waals surface area contributed by atoms with Crippen LogP contribution in [0.15, 0.2) is 28.6 Å². The van der Waals surface area contributed by atoms with Crippen LogP contribution in [0.1, 0.15) is 6.42 Å². The molecule has 1 aliphatic rings. The maximum Gasteiger partial charge on any atom is 0.322 e. The van der Waals surface area contributed by atoms with Crippen LogP contribution in [0.5, 0.6) is 0 Å². The van der Waals surface area contributed by atoms with Crippen LogP contribution in [-0.4, -0.2) is 33.9 Å². The third-order valence-corrected chi connectivity index (χ3v) is 5.00. The Morgan fingerprint density at radius 2 is 2.04 bits per heavy atom. The summed E-state index contributed by atoms with van der Waals surface area (Å²) in [4.78, 5) is 22.4. The van der Waals surface area contributed by atoms with Gasteiger partial charge >= 0.3 is 6.03 Å². The number of halogens is 1. The Balaban J connectivity index is 1.48. The highest BCUT2D eigenvalue weighted by molar-refractivity contribution is 8.01. The highest BCUT2D eigenvalue weighted by atomic mass is 32.2. The third kappa shape index (κ3) is 4.17. The lowest BCUT2D eigenvalue weighted by atomic mass is 10.2. The quantitative estimate of drug-likeness (QED) is 0.544. The van der Waals surface area contributed by atoms with Gasteiger partial charge in [0.25, 0.3) is 5.91 Å². The number of benzene rings is 1. The molecule has 1 aromatic heterocycles. The average molecular weight is 353 g/mol. The van der Waals surface area contributed by atoms with Crippen molar-refractivity contribution in [2.24, 2.45) is 0 Å². The smallest absolute Gasteiger partial charge is 0.322 e. The van der Waals surface area contributed by atoms with Crippen LogP contribution < -0.4 is 16.0 Å². The number of nitrogens with one attached hydrogen (secondary N) is 3. The Morgan fingerprint density at radius 3 is 2.74 bits per heavy atom. The van der Waals surface area contributed by atoms with E-state index < -0.39 is 12.1 Å². The standard InChI is InChI=1S/C13H12FN5O2S2/c14-7-1-3-8(4-2-7)15-12-18-19-13(23-12)22-6-5-9-10(20)17-11(21)16-9/h1-4,9H,5-6H2,(H,15,18)(H2,16,17,20,21). The molecule has 23 heavy (non-hydrogen) atoms. The fourth-order valence-corrected chi connectivity index (χ4v) is 3.75. The van der Waals surface area contributed by atoms with Gasteiger partial charge in [-0.15, -0.1) is 10.2 Å². The summed E-state index contributed by atoms with van der Waals surface area (Å²) in [5.74, 6) is 0.0300. The van der Waals surface area contributed by atoms with Gasteiger partial charge in [0.1, 0.15) is 11.9 Å². The first-order chi connectivity index (χ1) is 11.1. The summed E-state index contributed by atoms with van der Waals surface area (Å²) in [7, 11) is 0. The average Bonchev–Trinajstić information content (AvgIpc) is 3.08. The van der Waals surface area contributed by atoms with Crippen molar-refractivity contribution in [3.8, 4) is 0 Å².